The van der Waals surface area contributed by atoms with Crippen LogP contribution in [-0.2, 0) is 11.2 Å². The van der Waals surface area contributed by atoms with E-state index in [1.54, 1.807) is 4.90 Å². The quantitative estimate of drug-likeness (QED) is 0.528. The molecule has 7 heteroatoms. The van der Waals surface area contributed by atoms with Crippen molar-refractivity contribution in [3.63, 3.8) is 0 Å². The Balaban J connectivity index is 1.25. The van der Waals surface area contributed by atoms with Crippen LogP contribution < -0.4 is 0 Å². The molecule has 0 aliphatic carbocycles. The highest BCUT2D eigenvalue weighted by atomic mass is 35.5. The predicted molar refractivity (Wildman–Crippen MR) is 118 cm³/mol. The summed E-state index contributed by atoms with van der Waals surface area (Å²) in [6.45, 7) is 2.02. The molecule has 2 aromatic carbocycles. The average Bonchev–Trinajstić information content (AvgIpc) is 3.35. The summed E-state index contributed by atoms with van der Waals surface area (Å²) in [6.07, 6.45) is 2.26. The molecule has 0 spiro atoms. The van der Waals surface area contributed by atoms with Crippen molar-refractivity contribution >= 4 is 45.2 Å². The lowest BCUT2D eigenvalue weighted by molar-refractivity contribution is -0.131. The van der Waals surface area contributed by atoms with Gasteiger partial charge in [0.15, 0.2) is 0 Å². The van der Waals surface area contributed by atoms with E-state index in [4.69, 9.17) is 11.6 Å². The van der Waals surface area contributed by atoms with Crippen LogP contribution in [0.15, 0.2) is 54.7 Å². The summed E-state index contributed by atoms with van der Waals surface area (Å²) in [4.78, 5) is 35.7. The van der Waals surface area contributed by atoms with Gasteiger partial charge in [-0.05, 0) is 17.7 Å². The third-order valence-corrected chi connectivity index (χ3v) is 6.19. The second-order valence-electron chi connectivity index (χ2n) is 7.57. The molecule has 6 nitrogen and oxygen atoms in total. The maximum atomic E-state index is 13.0. The number of fused-ring (bicyclic) bond motifs is 2. The second kappa shape index (κ2) is 7.54. The summed E-state index contributed by atoms with van der Waals surface area (Å²) in [5.41, 5.74) is 3.29. The fraction of sp³-hybridized carbons (Fsp3) is 0.217. The largest absolute Gasteiger partial charge is 0.361 e. The van der Waals surface area contributed by atoms with Crippen LogP contribution in [-0.4, -0.2) is 57.8 Å². The molecular weight excluding hydrogens is 400 g/mol. The highest BCUT2D eigenvalue weighted by Gasteiger charge is 2.27. The van der Waals surface area contributed by atoms with Gasteiger partial charge in [0.05, 0.1) is 11.4 Å². The second-order valence-corrected chi connectivity index (χ2v) is 7.95. The van der Waals surface area contributed by atoms with Crippen LogP contribution in [0.2, 0.25) is 5.02 Å². The molecule has 2 aromatic heterocycles. The Morgan fingerprint density at radius 3 is 2.23 bits per heavy atom. The zero-order valence-corrected chi connectivity index (χ0v) is 17.1. The topological polar surface area (TPSA) is 72.2 Å². The number of amides is 2. The van der Waals surface area contributed by atoms with E-state index in [0.29, 0.717) is 43.3 Å². The van der Waals surface area contributed by atoms with E-state index in [9.17, 15) is 9.59 Å². The van der Waals surface area contributed by atoms with E-state index < -0.39 is 0 Å². The zero-order chi connectivity index (χ0) is 20.7. The van der Waals surface area contributed by atoms with Crippen molar-refractivity contribution in [1.82, 2.24) is 19.8 Å². The van der Waals surface area contributed by atoms with Gasteiger partial charge in [-0.3, -0.25) is 9.59 Å². The Morgan fingerprint density at radius 2 is 1.50 bits per heavy atom. The summed E-state index contributed by atoms with van der Waals surface area (Å²) in [5.74, 6) is -0.0459. The van der Waals surface area contributed by atoms with Crippen molar-refractivity contribution in [3.8, 4) is 0 Å². The van der Waals surface area contributed by atoms with Crippen molar-refractivity contribution in [2.75, 3.05) is 26.2 Å². The van der Waals surface area contributed by atoms with E-state index in [2.05, 4.69) is 9.97 Å². The normalized spacial score (nSPS) is 14.6. The minimum absolute atomic E-state index is 0.0792. The predicted octanol–water partition coefficient (Wildman–Crippen LogP) is 3.83. The zero-order valence-electron chi connectivity index (χ0n) is 16.3. The molecule has 1 aliphatic rings. The lowest BCUT2D eigenvalue weighted by Crippen LogP contribution is -2.51. The maximum Gasteiger partial charge on any atom is 0.271 e. The van der Waals surface area contributed by atoms with Gasteiger partial charge in [-0.15, -0.1) is 0 Å². The van der Waals surface area contributed by atoms with Gasteiger partial charge in [-0.2, -0.15) is 0 Å². The molecule has 0 atom stereocenters. The summed E-state index contributed by atoms with van der Waals surface area (Å²) < 4.78 is 0. The standard InChI is InChI=1S/C23H21ClN4O2/c24-21-17-6-2-4-8-19(17)26-22(21)23(30)28-11-9-27(10-12-28)20(29)13-15-14-25-18-7-3-1-5-16(15)18/h1-8,14,25-26H,9-13H2. The van der Waals surface area contributed by atoms with Crippen LogP contribution in [0, 0.1) is 0 Å². The lowest BCUT2D eigenvalue weighted by Gasteiger charge is -2.34. The first-order chi connectivity index (χ1) is 14.6. The average molecular weight is 421 g/mol. The van der Waals surface area contributed by atoms with Crippen LogP contribution in [0.4, 0.5) is 0 Å². The molecule has 0 unspecified atom stereocenters. The van der Waals surface area contributed by atoms with E-state index in [1.807, 2.05) is 59.6 Å². The smallest absolute Gasteiger partial charge is 0.271 e. The molecule has 1 aliphatic heterocycles. The minimum Gasteiger partial charge on any atom is -0.361 e. The molecule has 3 heterocycles. The van der Waals surface area contributed by atoms with E-state index in [1.165, 1.54) is 0 Å². The van der Waals surface area contributed by atoms with Gasteiger partial charge in [0.1, 0.15) is 5.69 Å². The maximum absolute atomic E-state index is 13.0. The van der Waals surface area contributed by atoms with Gasteiger partial charge < -0.3 is 19.8 Å². The molecular formula is C23H21ClN4O2. The number of para-hydroxylation sites is 2. The number of benzene rings is 2. The van der Waals surface area contributed by atoms with E-state index in [0.717, 1.165) is 27.4 Å². The molecule has 2 N–H and O–H groups in total. The third-order valence-electron chi connectivity index (χ3n) is 5.79. The summed E-state index contributed by atoms with van der Waals surface area (Å²) >= 11 is 6.43. The van der Waals surface area contributed by atoms with Gasteiger partial charge >= 0.3 is 0 Å². The number of hydrogen-bond acceptors (Lipinski definition) is 2. The molecule has 0 bridgehead atoms. The monoisotopic (exact) mass is 420 g/mol. The summed E-state index contributed by atoms with van der Waals surface area (Å²) in [6, 6.07) is 15.6. The molecule has 5 rings (SSSR count). The van der Waals surface area contributed by atoms with Gasteiger partial charge in [0.25, 0.3) is 5.91 Å². The van der Waals surface area contributed by atoms with Crippen LogP contribution in [0.5, 0.6) is 0 Å². The first-order valence-electron chi connectivity index (χ1n) is 10.00. The molecule has 0 saturated carbocycles. The number of halogens is 1. The number of aromatic amines is 2. The minimum atomic E-state index is -0.125. The Hall–Kier alpha value is -3.25. The van der Waals surface area contributed by atoms with Crippen molar-refractivity contribution in [1.29, 1.82) is 0 Å². The number of rotatable bonds is 3. The third kappa shape index (κ3) is 3.23. The Morgan fingerprint density at radius 1 is 0.867 bits per heavy atom. The first kappa shape index (κ1) is 18.8. The fourth-order valence-electron chi connectivity index (χ4n) is 4.12. The SMILES string of the molecule is O=C(Cc1c[nH]c2ccccc12)N1CCN(C(=O)c2[nH]c3ccccc3c2Cl)CC1. The summed E-state index contributed by atoms with van der Waals surface area (Å²) in [5, 5.41) is 2.37. The van der Waals surface area contributed by atoms with Gasteiger partial charge in [0, 0.05) is 54.2 Å². The highest BCUT2D eigenvalue weighted by Crippen LogP contribution is 2.28. The van der Waals surface area contributed by atoms with Gasteiger partial charge in [-0.25, -0.2) is 0 Å². The Labute approximate surface area is 178 Å². The van der Waals surface area contributed by atoms with Gasteiger partial charge in [0.2, 0.25) is 5.91 Å². The molecule has 1 fully saturated rings. The molecule has 1 saturated heterocycles. The van der Waals surface area contributed by atoms with Crippen molar-refractivity contribution < 1.29 is 9.59 Å². The number of carbonyl (C=O) groups is 2. The summed E-state index contributed by atoms with van der Waals surface area (Å²) in [7, 11) is 0. The fourth-order valence-corrected chi connectivity index (χ4v) is 4.42. The van der Waals surface area contributed by atoms with Crippen molar-refractivity contribution in [3.05, 3.63) is 71.0 Å². The van der Waals surface area contributed by atoms with Gasteiger partial charge in [-0.1, -0.05) is 48.0 Å². The van der Waals surface area contributed by atoms with Crippen molar-refractivity contribution in [2.24, 2.45) is 0 Å². The number of hydrogen-bond donors (Lipinski definition) is 2. The molecule has 0 radical (unpaired) electrons. The van der Waals surface area contributed by atoms with Crippen LogP contribution in [0.25, 0.3) is 21.8 Å². The number of nitrogens with one attached hydrogen (secondary N) is 2. The Bertz CT molecular complexity index is 1250. The van der Waals surface area contributed by atoms with Crippen LogP contribution in [0.3, 0.4) is 0 Å². The van der Waals surface area contributed by atoms with Crippen LogP contribution >= 0.6 is 11.6 Å². The Kier molecular flexibility index (Phi) is 4.71. The number of piperazine rings is 1. The number of carbonyl (C=O) groups excluding carboxylic acids is 2. The molecule has 30 heavy (non-hydrogen) atoms. The lowest BCUT2D eigenvalue weighted by atomic mass is 10.1. The van der Waals surface area contributed by atoms with Crippen molar-refractivity contribution in [2.45, 2.75) is 6.42 Å². The molecule has 2 amide bonds. The molecule has 4 aromatic rings. The van der Waals surface area contributed by atoms with Crippen LogP contribution in [0.1, 0.15) is 16.1 Å². The number of H-pyrrole nitrogens is 2. The highest BCUT2D eigenvalue weighted by molar-refractivity contribution is 6.38. The first-order valence-corrected chi connectivity index (χ1v) is 10.4. The van der Waals surface area contributed by atoms with E-state index in [-0.39, 0.29) is 11.8 Å². The molecule has 152 valence electrons. The number of nitrogens with zero attached hydrogens (tertiary/aromatic N) is 2. The van der Waals surface area contributed by atoms with E-state index >= 15 is 0 Å². The number of aromatic nitrogens is 2.